The van der Waals surface area contributed by atoms with Crippen molar-refractivity contribution in [1.82, 2.24) is 4.98 Å². The molecule has 2 aromatic rings. The number of hydrogen-bond donors (Lipinski definition) is 2. The van der Waals surface area contributed by atoms with Gasteiger partial charge >= 0.3 is 5.97 Å². The highest BCUT2D eigenvalue weighted by molar-refractivity contribution is 9.10. The standard InChI is InChI=1S/C13H11BrN2O3/c14-9-6-16-11(12(17)10(9)15)13(18)19-7-8-4-2-1-3-5-8/h1-6,17H,7H2,(H2,15,16). The van der Waals surface area contributed by atoms with Crippen LogP contribution in [0.3, 0.4) is 0 Å². The molecule has 0 fully saturated rings. The van der Waals surface area contributed by atoms with E-state index in [9.17, 15) is 9.90 Å². The van der Waals surface area contributed by atoms with E-state index >= 15 is 0 Å². The van der Waals surface area contributed by atoms with Gasteiger partial charge < -0.3 is 15.6 Å². The number of ether oxygens (including phenoxy) is 1. The molecule has 1 heterocycles. The summed E-state index contributed by atoms with van der Waals surface area (Å²) in [5.74, 6) is -1.10. The highest BCUT2D eigenvalue weighted by Crippen LogP contribution is 2.30. The number of carbonyl (C=O) groups is 1. The first-order valence-corrected chi connectivity index (χ1v) is 6.23. The maximum Gasteiger partial charge on any atom is 0.361 e. The number of nitrogens with two attached hydrogens (primary N) is 1. The number of benzene rings is 1. The van der Waals surface area contributed by atoms with Crippen LogP contribution in [0.15, 0.2) is 41.0 Å². The Balaban J connectivity index is 2.11. The minimum Gasteiger partial charge on any atom is -0.504 e. The van der Waals surface area contributed by atoms with Crippen LogP contribution in [0.5, 0.6) is 5.75 Å². The van der Waals surface area contributed by atoms with E-state index in [4.69, 9.17) is 10.5 Å². The Morgan fingerprint density at radius 2 is 2.05 bits per heavy atom. The van der Waals surface area contributed by atoms with E-state index in [1.807, 2.05) is 30.3 Å². The molecule has 0 aliphatic carbocycles. The van der Waals surface area contributed by atoms with Gasteiger partial charge in [0, 0.05) is 6.20 Å². The lowest BCUT2D eigenvalue weighted by Gasteiger charge is -2.08. The Labute approximate surface area is 118 Å². The summed E-state index contributed by atoms with van der Waals surface area (Å²) in [6.45, 7) is 0.108. The van der Waals surface area contributed by atoms with Crippen LogP contribution >= 0.6 is 15.9 Å². The number of rotatable bonds is 3. The number of aromatic nitrogens is 1. The van der Waals surface area contributed by atoms with Crippen molar-refractivity contribution in [3.63, 3.8) is 0 Å². The van der Waals surface area contributed by atoms with Crippen molar-refractivity contribution in [1.29, 1.82) is 0 Å². The largest absolute Gasteiger partial charge is 0.504 e. The highest BCUT2D eigenvalue weighted by Gasteiger charge is 2.18. The summed E-state index contributed by atoms with van der Waals surface area (Å²) in [6.07, 6.45) is 1.34. The molecule has 6 heteroatoms. The maximum atomic E-state index is 11.8. The lowest BCUT2D eigenvalue weighted by molar-refractivity contribution is 0.0462. The van der Waals surface area contributed by atoms with Crippen LogP contribution in [0.4, 0.5) is 5.69 Å². The predicted molar refractivity (Wildman–Crippen MR) is 73.6 cm³/mol. The topological polar surface area (TPSA) is 85.4 Å². The molecule has 19 heavy (non-hydrogen) atoms. The van der Waals surface area contributed by atoms with Gasteiger partial charge in [-0.05, 0) is 21.5 Å². The summed E-state index contributed by atoms with van der Waals surface area (Å²) in [5.41, 5.74) is 6.29. The summed E-state index contributed by atoms with van der Waals surface area (Å²) < 4.78 is 5.48. The zero-order valence-electron chi connectivity index (χ0n) is 9.84. The first-order valence-electron chi connectivity index (χ1n) is 5.43. The summed E-state index contributed by atoms with van der Waals surface area (Å²) in [7, 11) is 0. The smallest absolute Gasteiger partial charge is 0.361 e. The van der Waals surface area contributed by atoms with Crippen molar-refractivity contribution < 1.29 is 14.6 Å². The molecule has 2 rings (SSSR count). The Hall–Kier alpha value is -2.08. The minimum atomic E-state index is -0.722. The average Bonchev–Trinajstić information content (AvgIpc) is 2.43. The van der Waals surface area contributed by atoms with Gasteiger partial charge in [0.2, 0.25) is 0 Å². The van der Waals surface area contributed by atoms with Gasteiger partial charge in [0.15, 0.2) is 11.4 Å². The Morgan fingerprint density at radius 3 is 2.74 bits per heavy atom. The molecule has 0 aliphatic rings. The number of pyridine rings is 1. The number of carbonyl (C=O) groups excluding carboxylic acids is 1. The number of esters is 1. The van der Waals surface area contributed by atoms with E-state index in [0.29, 0.717) is 4.47 Å². The van der Waals surface area contributed by atoms with E-state index in [0.717, 1.165) is 5.56 Å². The molecular formula is C13H11BrN2O3. The lowest BCUT2D eigenvalue weighted by Crippen LogP contribution is -2.09. The summed E-state index contributed by atoms with van der Waals surface area (Å²) in [4.78, 5) is 15.6. The number of nitrogen functional groups attached to an aromatic ring is 1. The van der Waals surface area contributed by atoms with Crippen LogP contribution in [0, 0.1) is 0 Å². The molecule has 1 aromatic carbocycles. The molecule has 3 N–H and O–H groups in total. The SMILES string of the molecule is Nc1c(Br)cnc(C(=O)OCc2ccccc2)c1O. The lowest BCUT2D eigenvalue weighted by atomic mass is 10.2. The molecule has 0 aliphatic heterocycles. The number of hydrogen-bond acceptors (Lipinski definition) is 5. The van der Waals surface area contributed by atoms with Gasteiger partial charge in [0.1, 0.15) is 6.61 Å². The molecule has 0 saturated heterocycles. The van der Waals surface area contributed by atoms with Crippen LogP contribution in [0.25, 0.3) is 0 Å². The van der Waals surface area contributed by atoms with Crippen molar-refractivity contribution in [2.75, 3.05) is 5.73 Å². The van der Waals surface area contributed by atoms with Gasteiger partial charge in [-0.25, -0.2) is 9.78 Å². The van der Waals surface area contributed by atoms with Crippen molar-refractivity contribution in [3.8, 4) is 5.75 Å². The second kappa shape index (κ2) is 5.71. The maximum absolute atomic E-state index is 11.8. The minimum absolute atomic E-state index is 0.0571. The Bertz CT molecular complexity index is 602. The molecule has 0 spiro atoms. The number of aromatic hydroxyl groups is 1. The van der Waals surface area contributed by atoms with E-state index in [1.165, 1.54) is 6.20 Å². The second-order valence-corrected chi connectivity index (χ2v) is 4.63. The highest BCUT2D eigenvalue weighted by atomic mass is 79.9. The van der Waals surface area contributed by atoms with Crippen molar-refractivity contribution in [3.05, 3.63) is 52.3 Å². The third-order valence-corrected chi connectivity index (χ3v) is 3.08. The number of nitrogens with zero attached hydrogens (tertiary/aromatic N) is 1. The normalized spacial score (nSPS) is 10.2. The first-order chi connectivity index (χ1) is 9.09. The van der Waals surface area contributed by atoms with E-state index in [1.54, 1.807) is 0 Å². The van der Waals surface area contributed by atoms with E-state index in [-0.39, 0.29) is 23.7 Å². The summed E-state index contributed by atoms with van der Waals surface area (Å²) in [6, 6.07) is 9.22. The zero-order valence-corrected chi connectivity index (χ0v) is 11.4. The average molecular weight is 323 g/mol. The Morgan fingerprint density at radius 1 is 1.37 bits per heavy atom. The molecule has 1 aromatic heterocycles. The van der Waals surface area contributed by atoms with Gasteiger partial charge in [0.25, 0.3) is 0 Å². The second-order valence-electron chi connectivity index (χ2n) is 3.78. The van der Waals surface area contributed by atoms with Gasteiger partial charge in [-0.15, -0.1) is 0 Å². The molecule has 0 radical (unpaired) electrons. The molecule has 0 unspecified atom stereocenters. The van der Waals surface area contributed by atoms with Crippen molar-refractivity contribution in [2.24, 2.45) is 0 Å². The third-order valence-electron chi connectivity index (χ3n) is 2.45. The first kappa shape index (κ1) is 13.4. The molecule has 0 atom stereocenters. The fourth-order valence-corrected chi connectivity index (χ4v) is 1.72. The molecule has 98 valence electrons. The van der Waals surface area contributed by atoms with Gasteiger partial charge in [-0.2, -0.15) is 0 Å². The van der Waals surface area contributed by atoms with E-state index < -0.39 is 5.97 Å². The van der Waals surface area contributed by atoms with E-state index in [2.05, 4.69) is 20.9 Å². The molecule has 5 nitrogen and oxygen atoms in total. The molecule has 0 bridgehead atoms. The number of anilines is 1. The predicted octanol–water partition coefficient (Wildman–Crippen LogP) is 2.49. The fourth-order valence-electron chi connectivity index (χ4n) is 1.43. The monoisotopic (exact) mass is 322 g/mol. The number of halogens is 1. The molecular weight excluding hydrogens is 312 g/mol. The van der Waals surface area contributed by atoms with Gasteiger partial charge in [-0.1, -0.05) is 30.3 Å². The van der Waals surface area contributed by atoms with Crippen molar-refractivity contribution >= 4 is 27.6 Å². The quantitative estimate of drug-likeness (QED) is 0.848. The third kappa shape index (κ3) is 3.03. The van der Waals surface area contributed by atoms with Crippen molar-refractivity contribution in [2.45, 2.75) is 6.61 Å². The van der Waals surface area contributed by atoms with Crippen LogP contribution in [0.2, 0.25) is 0 Å². The molecule has 0 amide bonds. The fraction of sp³-hybridized carbons (Fsp3) is 0.0769. The summed E-state index contributed by atoms with van der Waals surface area (Å²) in [5, 5.41) is 9.73. The zero-order chi connectivity index (χ0) is 13.8. The van der Waals surface area contributed by atoms with Crippen LogP contribution in [0.1, 0.15) is 16.1 Å². The Kier molecular flexibility index (Phi) is 4.01. The molecule has 0 saturated carbocycles. The van der Waals surface area contributed by atoms with Crippen LogP contribution in [-0.2, 0) is 11.3 Å². The van der Waals surface area contributed by atoms with Crippen LogP contribution < -0.4 is 5.73 Å². The van der Waals surface area contributed by atoms with Gasteiger partial charge in [0.05, 0.1) is 10.2 Å². The van der Waals surface area contributed by atoms with Crippen LogP contribution in [-0.4, -0.2) is 16.1 Å². The van der Waals surface area contributed by atoms with Gasteiger partial charge in [-0.3, -0.25) is 0 Å². The summed E-state index contributed by atoms with van der Waals surface area (Å²) >= 11 is 3.11.